The number of nitrogens with two attached hydrogens (primary N) is 1. The quantitative estimate of drug-likeness (QED) is 0.0162. The number of primary amides is 1. The standard InChI is InChI=1S/C41H45N7O12/c1-26(2)35(47-40(53)58-23-27-7-4-3-5-8-27)37(50)46-34(9-6-22-43-38(42)51)36(49)44-30-14-10-28(11-15-30)24-57-39(52)45-31-16-12-29(13-17-31)25-59-41(54)60-33-20-18-32(19-21-33)48(55)56/h3-5,7-8,10-21,26,34-35H,6,9,22-25H2,1-2H3,(H,44,49)(H,45,52)(H,46,50)(H,47,53)(H3,42,43,51)/t34-,35-/m0/s1. The lowest BCUT2D eigenvalue weighted by molar-refractivity contribution is -0.384. The molecule has 0 saturated heterocycles. The molecule has 0 aliphatic rings. The Bertz CT molecular complexity index is 2080. The van der Waals surface area contributed by atoms with E-state index in [2.05, 4.69) is 26.6 Å². The molecule has 0 aromatic heterocycles. The first-order valence-electron chi connectivity index (χ1n) is 18.6. The zero-order valence-electron chi connectivity index (χ0n) is 32.7. The van der Waals surface area contributed by atoms with Crippen LogP contribution in [0.25, 0.3) is 0 Å². The molecule has 0 aliphatic carbocycles. The summed E-state index contributed by atoms with van der Waals surface area (Å²) in [5.41, 5.74) is 7.74. The van der Waals surface area contributed by atoms with Gasteiger partial charge in [0.25, 0.3) is 5.69 Å². The van der Waals surface area contributed by atoms with Gasteiger partial charge < -0.3 is 45.9 Å². The van der Waals surface area contributed by atoms with Crippen LogP contribution in [0.3, 0.4) is 0 Å². The molecule has 4 aromatic rings. The third-order valence-electron chi connectivity index (χ3n) is 8.43. The first kappa shape index (κ1) is 45.0. The average Bonchev–Trinajstić information content (AvgIpc) is 3.23. The number of nitro benzene ring substituents is 1. The minimum atomic E-state index is -1.06. The maximum atomic E-state index is 13.4. The number of anilines is 2. The molecule has 19 nitrogen and oxygen atoms in total. The highest BCUT2D eigenvalue weighted by molar-refractivity contribution is 5.98. The van der Waals surface area contributed by atoms with Crippen LogP contribution < -0.4 is 37.1 Å². The van der Waals surface area contributed by atoms with Gasteiger partial charge >= 0.3 is 24.4 Å². The van der Waals surface area contributed by atoms with Crippen molar-refractivity contribution in [1.29, 1.82) is 0 Å². The molecule has 4 rings (SSSR count). The fourth-order valence-electron chi connectivity index (χ4n) is 5.28. The van der Waals surface area contributed by atoms with Crippen LogP contribution in [0.1, 0.15) is 43.4 Å². The molecule has 19 heteroatoms. The lowest BCUT2D eigenvalue weighted by Crippen LogP contribution is -2.54. The number of carbonyl (C=O) groups excluding carboxylic acids is 6. The molecule has 0 fully saturated rings. The summed E-state index contributed by atoms with van der Waals surface area (Å²) >= 11 is 0. The summed E-state index contributed by atoms with van der Waals surface area (Å²) in [6.07, 6.45) is -2.13. The number of hydrogen-bond acceptors (Lipinski definition) is 12. The highest BCUT2D eigenvalue weighted by Gasteiger charge is 2.29. The van der Waals surface area contributed by atoms with Crippen LogP contribution in [-0.2, 0) is 43.6 Å². The number of hydrogen-bond donors (Lipinski definition) is 6. The summed E-state index contributed by atoms with van der Waals surface area (Å²) in [5, 5.41) is 23.8. The molecule has 60 heavy (non-hydrogen) atoms. The van der Waals surface area contributed by atoms with E-state index in [0.717, 1.165) is 5.56 Å². The third kappa shape index (κ3) is 15.7. The number of carbonyl (C=O) groups is 6. The van der Waals surface area contributed by atoms with Crippen molar-refractivity contribution in [3.05, 3.63) is 130 Å². The number of benzene rings is 4. The Kier molecular flexibility index (Phi) is 17.2. The van der Waals surface area contributed by atoms with E-state index < -0.39 is 53.2 Å². The Balaban J connectivity index is 1.24. The smallest absolute Gasteiger partial charge is 0.445 e. The Hall–Kier alpha value is -7.70. The third-order valence-corrected chi connectivity index (χ3v) is 8.43. The molecular formula is C41H45N7O12. The number of nitro groups is 1. The maximum absolute atomic E-state index is 13.4. The second-order valence-electron chi connectivity index (χ2n) is 13.4. The van der Waals surface area contributed by atoms with E-state index in [4.69, 9.17) is 24.7 Å². The minimum Gasteiger partial charge on any atom is -0.445 e. The highest BCUT2D eigenvalue weighted by Crippen LogP contribution is 2.19. The molecule has 2 atom stereocenters. The van der Waals surface area contributed by atoms with Crippen molar-refractivity contribution in [2.24, 2.45) is 11.7 Å². The Morgan fingerprint density at radius 2 is 1.22 bits per heavy atom. The molecule has 0 spiro atoms. The predicted octanol–water partition coefficient (Wildman–Crippen LogP) is 5.88. The van der Waals surface area contributed by atoms with Gasteiger partial charge in [0.15, 0.2) is 0 Å². The summed E-state index contributed by atoms with van der Waals surface area (Å²) in [6, 6.07) is 23.9. The molecule has 0 bridgehead atoms. The van der Waals surface area contributed by atoms with Crippen molar-refractivity contribution in [3.63, 3.8) is 0 Å². The van der Waals surface area contributed by atoms with Crippen molar-refractivity contribution < 1.29 is 52.6 Å². The fourth-order valence-corrected chi connectivity index (χ4v) is 5.28. The molecule has 4 aromatic carbocycles. The summed E-state index contributed by atoms with van der Waals surface area (Å²) in [4.78, 5) is 85.2. The molecule has 0 radical (unpaired) electrons. The van der Waals surface area contributed by atoms with Crippen molar-refractivity contribution in [3.8, 4) is 5.75 Å². The van der Waals surface area contributed by atoms with Gasteiger partial charge in [0.05, 0.1) is 4.92 Å². The Morgan fingerprint density at radius 1 is 0.667 bits per heavy atom. The molecule has 0 heterocycles. The highest BCUT2D eigenvalue weighted by atomic mass is 16.7. The summed E-state index contributed by atoms with van der Waals surface area (Å²) < 4.78 is 20.7. The van der Waals surface area contributed by atoms with E-state index in [-0.39, 0.29) is 50.1 Å². The topological polar surface area (TPSA) is 269 Å². The average molecular weight is 828 g/mol. The van der Waals surface area contributed by atoms with Gasteiger partial charge in [-0.15, -0.1) is 0 Å². The summed E-state index contributed by atoms with van der Waals surface area (Å²) in [5.74, 6) is -1.45. The van der Waals surface area contributed by atoms with Crippen LogP contribution in [-0.4, -0.2) is 59.7 Å². The van der Waals surface area contributed by atoms with E-state index in [9.17, 15) is 38.9 Å². The zero-order valence-corrected chi connectivity index (χ0v) is 32.7. The summed E-state index contributed by atoms with van der Waals surface area (Å²) in [7, 11) is 0. The number of nitrogens with one attached hydrogen (secondary N) is 5. The van der Waals surface area contributed by atoms with Gasteiger partial charge in [-0.2, -0.15) is 0 Å². The van der Waals surface area contributed by atoms with Crippen LogP contribution in [0.15, 0.2) is 103 Å². The van der Waals surface area contributed by atoms with Crippen molar-refractivity contribution in [1.82, 2.24) is 16.0 Å². The van der Waals surface area contributed by atoms with E-state index in [0.29, 0.717) is 28.9 Å². The maximum Gasteiger partial charge on any atom is 0.514 e. The van der Waals surface area contributed by atoms with Crippen LogP contribution >= 0.6 is 0 Å². The SMILES string of the molecule is CC(C)[C@H](NC(=O)OCc1ccccc1)C(=O)N[C@@H](CCCNC(N)=O)C(=O)Nc1ccc(COC(=O)Nc2ccc(COC(=O)Oc3ccc([N+](=O)[O-])cc3)cc2)cc1. The largest absolute Gasteiger partial charge is 0.514 e. The van der Waals surface area contributed by atoms with Gasteiger partial charge in [-0.05, 0) is 71.8 Å². The van der Waals surface area contributed by atoms with Crippen LogP contribution in [0, 0.1) is 16.0 Å². The molecule has 0 saturated carbocycles. The predicted molar refractivity (Wildman–Crippen MR) is 216 cm³/mol. The fraction of sp³-hybridized carbons (Fsp3) is 0.268. The van der Waals surface area contributed by atoms with E-state index in [1.165, 1.54) is 24.3 Å². The van der Waals surface area contributed by atoms with Crippen molar-refractivity contribution in [2.45, 2.75) is 58.6 Å². The Labute approximate surface area is 344 Å². The molecule has 7 N–H and O–H groups in total. The Morgan fingerprint density at radius 3 is 1.78 bits per heavy atom. The van der Waals surface area contributed by atoms with E-state index in [1.54, 1.807) is 86.6 Å². The van der Waals surface area contributed by atoms with Gasteiger partial charge in [-0.1, -0.05) is 68.4 Å². The number of amides is 6. The number of ether oxygens (including phenoxy) is 4. The van der Waals surface area contributed by atoms with Crippen LogP contribution in [0.5, 0.6) is 5.75 Å². The number of non-ortho nitro benzene ring substituents is 1. The normalized spacial score (nSPS) is 11.5. The first-order chi connectivity index (χ1) is 28.7. The van der Waals surface area contributed by atoms with Crippen LogP contribution in [0.4, 0.5) is 36.2 Å². The lowest BCUT2D eigenvalue weighted by atomic mass is 10.0. The van der Waals surface area contributed by atoms with E-state index >= 15 is 0 Å². The van der Waals surface area contributed by atoms with Crippen molar-refractivity contribution in [2.75, 3.05) is 17.2 Å². The summed E-state index contributed by atoms with van der Waals surface area (Å²) in [6.45, 7) is 3.38. The monoisotopic (exact) mass is 827 g/mol. The molecule has 0 unspecified atom stereocenters. The number of alkyl carbamates (subject to hydrolysis) is 1. The zero-order chi connectivity index (χ0) is 43.4. The van der Waals surface area contributed by atoms with Gasteiger partial charge in [0.2, 0.25) is 11.8 Å². The van der Waals surface area contributed by atoms with Gasteiger partial charge in [-0.3, -0.25) is 25.0 Å². The first-order valence-corrected chi connectivity index (χ1v) is 18.6. The molecule has 6 amide bonds. The van der Waals surface area contributed by atoms with Gasteiger partial charge in [0, 0.05) is 30.1 Å². The second kappa shape index (κ2) is 22.9. The number of nitrogens with zero attached hydrogens (tertiary/aromatic N) is 1. The molecule has 316 valence electrons. The number of rotatable bonds is 19. The van der Waals surface area contributed by atoms with Crippen molar-refractivity contribution >= 4 is 53.2 Å². The van der Waals surface area contributed by atoms with E-state index in [1.807, 2.05) is 6.07 Å². The van der Waals surface area contributed by atoms with Gasteiger partial charge in [0.1, 0.15) is 37.7 Å². The molecule has 0 aliphatic heterocycles. The number of urea groups is 1. The second-order valence-corrected chi connectivity index (χ2v) is 13.4. The van der Waals surface area contributed by atoms with Crippen LogP contribution in [0.2, 0.25) is 0 Å². The minimum absolute atomic E-state index is 0.00227. The lowest BCUT2D eigenvalue weighted by Gasteiger charge is -2.25. The van der Waals surface area contributed by atoms with Gasteiger partial charge in [-0.25, -0.2) is 19.2 Å². The molecular weight excluding hydrogens is 782 g/mol.